The van der Waals surface area contributed by atoms with Crippen LogP contribution in [0.25, 0.3) is 26.3 Å². The molecule has 0 fully saturated rings. The summed E-state index contributed by atoms with van der Waals surface area (Å²) in [5, 5.41) is 18.3. The highest BCUT2D eigenvalue weighted by atomic mass is 32.1. The number of ether oxygens (including phenoxy) is 6. The Labute approximate surface area is 324 Å². The van der Waals surface area contributed by atoms with Gasteiger partial charge in [0.1, 0.15) is 11.6 Å². The highest BCUT2D eigenvalue weighted by Gasteiger charge is 2.15. The number of aliphatic carboxylic acids is 1. The zero-order valence-electron chi connectivity index (χ0n) is 30.4. The molecule has 0 saturated carbocycles. The molecule has 0 aliphatic carbocycles. The van der Waals surface area contributed by atoms with E-state index >= 15 is 0 Å². The Bertz CT molecular complexity index is 1890. The Hall–Kier alpha value is -4.68. The van der Waals surface area contributed by atoms with E-state index in [0.29, 0.717) is 66.1 Å². The summed E-state index contributed by atoms with van der Waals surface area (Å²) in [6.45, 7) is 5.27. The number of carboxylic acids is 1. The smallest absolute Gasteiger partial charge is 0.346 e. The van der Waals surface area contributed by atoms with Crippen molar-refractivity contribution in [2.24, 2.45) is 0 Å². The van der Waals surface area contributed by atoms with E-state index in [1.807, 2.05) is 12.1 Å². The third kappa shape index (κ3) is 12.2. The molecule has 0 amide bonds. The third-order valence-corrected chi connectivity index (χ3v) is 10.4. The highest BCUT2D eigenvalue weighted by molar-refractivity contribution is 7.24. The van der Waals surface area contributed by atoms with Crippen LogP contribution in [-0.4, -0.2) is 78.2 Å². The van der Waals surface area contributed by atoms with Crippen LogP contribution in [0, 0.1) is 11.3 Å². The van der Waals surface area contributed by atoms with E-state index in [4.69, 9.17) is 33.7 Å². The first kappa shape index (κ1) is 40.5. The van der Waals surface area contributed by atoms with Gasteiger partial charge < -0.3 is 38.4 Å². The summed E-state index contributed by atoms with van der Waals surface area (Å²) in [5.74, 6) is -1.23. The van der Waals surface area contributed by atoms with Crippen molar-refractivity contribution in [1.29, 1.82) is 5.26 Å². The number of rotatable bonds is 23. The molecule has 0 atom stereocenters. The predicted octanol–water partition coefficient (Wildman–Crippen LogP) is 8.96. The number of anilines is 3. The summed E-state index contributed by atoms with van der Waals surface area (Å²) >= 11 is 3.12. The zero-order valence-corrected chi connectivity index (χ0v) is 32.0. The standard InChI is InChI=1S/C42H44N2O8S2/c1-47-19-21-49-23-25-51-29-31-3-9-35(10-4-31)44(36-11-5-32(6-12-36)30-52-26-24-50-22-20-48-2)37-13-7-33(8-14-37)39-17-18-41(54-39)40-16-15-38(53-40)27-34(28-43)42(45)46/h3-18,27H,19-26,29-30H2,1-2H3,(H,45,46)/b34-27+. The van der Waals surface area contributed by atoms with Gasteiger partial charge in [0.2, 0.25) is 0 Å². The van der Waals surface area contributed by atoms with Crippen molar-refractivity contribution >= 4 is 51.8 Å². The lowest BCUT2D eigenvalue weighted by Gasteiger charge is -2.26. The molecule has 3 aromatic carbocycles. The van der Waals surface area contributed by atoms with Gasteiger partial charge in [-0.1, -0.05) is 36.4 Å². The Balaban J connectivity index is 1.30. The fourth-order valence-corrected chi connectivity index (χ4v) is 7.33. The topological polar surface area (TPSA) is 120 Å². The van der Waals surface area contributed by atoms with Crippen LogP contribution < -0.4 is 4.90 Å². The second kappa shape index (κ2) is 21.9. The monoisotopic (exact) mass is 768 g/mol. The lowest BCUT2D eigenvalue weighted by Crippen LogP contribution is -2.11. The number of benzene rings is 3. The largest absolute Gasteiger partial charge is 0.477 e. The van der Waals surface area contributed by atoms with E-state index in [0.717, 1.165) is 53.3 Å². The van der Waals surface area contributed by atoms with Gasteiger partial charge in [0, 0.05) is 50.8 Å². The number of hydrogen-bond acceptors (Lipinski definition) is 11. The number of carboxylic acid groups (broad SMARTS) is 1. The molecule has 282 valence electrons. The molecule has 54 heavy (non-hydrogen) atoms. The first-order valence-corrected chi connectivity index (χ1v) is 19.0. The number of carbonyl (C=O) groups is 1. The van der Waals surface area contributed by atoms with Gasteiger partial charge in [-0.05, 0) is 83.4 Å². The van der Waals surface area contributed by atoms with Gasteiger partial charge in [-0.25, -0.2) is 4.79 Å². The summed E-state index contributed by atoms with van der Waals surface area (Å²) in [4.78, 5) is 17.4. The Morgan fingerprint density at radius 1 is 0.611 bits per heavy atom. The van der Waals surface area contributed by atoms with Crippen LogP contribution >= 0.6 is 22.7 Å². The fourth-order valence-electron chi connectivity index (χ4n) is 5.28. The first-order chi connectivity index (χ1) is 26.5. The molecule has 2 aromatic heterocycles. The van der Waals surface area contributed by atoms with Crippen LogP contribution in [0.15, 0.2) is 103 Å². The van der Waals surface area contributed by atoms with Crippen LogP contribution in [-0.2, 0) is 46.4 Å². The molecule has 12 heteroatoms. The predicted molar refractivity (Wildman–Crippen MR) is 214 cm³/mol. The van der Waals surface area contributed by atoms with Crippen molar-refractivity contribution < 1.29 is 38.3 Å². The molecule has 0 radical (unpaired) electrons. The molecule has 0 aliphatic rings. The van der Waals surface area contributed by atoms with Crippen molar-refractivity contribution in [3.63, 3.8) is 0 Å². The molecule has 0 unspecified atom stereocenters. The minimum atomic E-state index is -1.23. The van der Waals surface area contributed by atoms with Crippen LogP contribution in [0.3, 0.4) is 0 Å². The Morgan fingerprint density at radius 3 is 1.56 bits per heavy atom. The highest BCUT2D eigenvalue weighted by Crippen LogP contribution is 2.40. The van der Waals surface area contributed by atoms with Crippen molar-refractivity contribution in [2.45, 2.75) is 13.2 Å². The quantitative estimate of drug-likeness (QED) is 0.0392. The zero-order chi connectivity index (χ0) is 38.0. The fraction of sp³-hybridized carbons (Fsp3) is 0.286. The van der Waals surface area contributed by atoms with E-state index in [1.165, 1.54) is 17.4 Å². The first-order valence-electron chi connectivity index (χ1n) is 17.4. The van der Waals surface area contributed by atoms with Gasteiger partial charge in [0.25, 0.3) is 0 Å². The number of hydrogen-bond donors (Lipinski definition) is 1. The van der Waals surface area contributed by atoms with E-state index in [9.17, 15) is 9.90 Å². The third-order valence-electron chi connectivity index (χ3n) is 8.06. The lowest BCUT2D eigenvalue weighted by molar-refractivity contribution is -0.132. The number of nitrogens with zero attached hydrogens (tertiary/aromatic N) is 2. The molecule has 0 bridgehead atoms. The van der Waals surface area contributed by atoms with Gasteiger partial charge in [-0.3, -0.25) is 0 Å². The van der Waals surface area contributed by atoms with Crippen molar-refractivity contribution in [3.05, 3.63) is 119 Å². The van der Waals surface area contributed by atoms with Crippen molar-refractivity contribution in [2.75, 3.05) is 72.0 Å². The minimum absolute atomic E-state index is 0.287. The summed E-state index contributed by atoms with van der Waals surface area (Å²) in [6, 6.07) is 35.0. The van der Waals surface area contributed by atoms with E-state index in [-0.39, 0.29) is 5.57 Å². The second-order valence-electron chi connectivity index (χ2n) is 11.9. The SMILES string of the molecule is COCCOCCOCc1ccc(N(c2ccc(COCCOCCOC)cc2)c2ccc(-c3ccc(-c4ccc(/C=C(\C#N)C(=O)O)s4)s3)cc2)cc1. The van der Waals surface area contributed by atoms with Crippen LogP contribution in [0.2, 0.25) is 0 Å². The number of thiophene rings is 2. The molecule has 0 saturated heterocycles. The van der Waals surface area contributed by atoms with Gasteiger partial charge in [-0.15, -0.1) is 22.7 Å². The molecule has 0 aliphatic heterocycles. The van der Waals surface area contributed by atoms with Crippen LogP contribution in [0.5, 0.6) is 0 Å². The summed E-state index contributed by atoms with van der Waals surface area (Å²) in [5.41, 5.74) is 5.96. The summed E-state index contributed by atoms with van der Waals surface area (Å²) < 4.78 is 32.7. The Morgan fingerprint density at radius 2 is 1.06 bits per heavy atom. The van der Waals surface area contributed by atoms with E-state index in [2.05, 4.69) is 89.8 Å². The summed E-state index contributed by atoms with van der Waals surface area (Å²) in [6.07, 6.45) is 1.41. The van der Waals surface area contributed by atoms with Crippen LogP contribution in [0.1, 0.15) is 16.0 Å². The maximum absolute atomic E-state index is 11.3. The maximum atomic E-state index is 11.3. The van der Waals surface area contributed by atoms with Crippen molar-refractivity contribution in [3.8, 4) is 26.3 Å². The lowest BCUT2D eigenvalue weighted by atomic mass is 10.1. The average molecular weight is 769 g/mol. The normalized spacial score (nSPS) is 11.5. The molecular weight excluding hydrogens is 725 g/mol. The van der Waals surface area contributed by atoms with E-state index in [1.54, 1.807) is 31.6 Å². The molecule has 5 rings (SSSR count). The van der Waals surface area contributed by atoms with Gasteiger partial charge in [0.05, 0.1) is 66.1 Å². The minimum Gasteiger partial charge on any atom is -0.477 e. The molecular formula is C42H44N2O8S2. The maximum Gasteiger partial charge on any atom is 0.346 e. The molecule has 10 nitrogen and oxygen atoms in total. The number of methoxy groups -OCH3 is 2. The molecule has 5 aromatic rings. The number of nitriles is 1. The second-order valence-corrected chi connectivity index (χ2v) is 14.1. The molecule has 1 N–H and O–H groups in total. The molecule has 0 spiro atoms. The van der Waals surface area contributed by atoms with Crippen molar-refractivity contribution in [1.82, 2.24) is 0 Å². The van der Waals surface area contributed by atoms with Gasteiger partial charge in [0.15, 0.2) is 0 Å². The summed E-state index contributed by atoms with van der Waals surface area (Å²) in [7, 11) is 3.31. The molecule has 2 heterocycles. The van der Waals surface area contributed by atoms with Crippen LogP contribution in [0.4, 0.5) is 17.1 Å². The van der Waals surface area contributed by atoms with Gasteiger partial charge in [-0.2, -0.15) is 5.26 Å². The van der Waals surface area contributed by atoms with E-state index < -0.39 is 5.97 Å². The van der Waals surface area contributed by atoms with Gasteiger partial charge >= 0.3 is 5.97 Å². The average Bonchev–Trinajstić information content (AvgIpc) is 3.88. The Kier molecular flexibility index (Phi) is 16.4.